The van der Waals surface area contributed by atoms with Crippen LogP contribution >= 0.6 is 0 Å². The minimum Gasteiger partial charge on any atom is -0.353 e. The highest BCUT2D eigenvalue weighted by Crippen LogP contribution is 2.61. The van der Waals surface area contributed by atoms with Gasteiger partial charge in [0.15, 0.2) is 0 Å². The van der Waals surface area contributed by atoms with Crippen molar-refractivity contribution in [2.24, 2.45) is 35.0 Å². The lowest BCUT2D eigenvalue weighted by Gasteiger charge is -2.59. The van der Waals surface area contributed by atoms with Crippen LogP contribution in [0.5, 0.6) is 0 Å². The predicted octanol–water partition coefficient (Wildman–Crippen LogP) is 3.27. The van der Waals surface area contributed by atoms with Crippen LogP contribution in [0.3, 0.4) is 0 Å². The molecule has 5 aliphatic carbocycles. The molecule has 1 heterocycles. The topological polar surface area (TPSA) is 66.5 Å². The Morgan fingerprint density at radius 2 is 1.50 bits per heavy atom. The second-order valence-corrected chi connectivity index (χ2v) is 10.6. The Kier molecular flexibility index (Phi) is 4.55. The number of carbonyl (C=O) groups excluding carboxylic acids is 3. The number of carbonyl (C=O) groups is 3. The molecule has 5 saturated carbocycles. The van der Waals surface area contributed by atoms with Crippen LogP contribution in [0.25, 0.3) is 0 Å². The molecule has 0 spiro atoms. The summed E-state index contributed by atoms with van der Waals surface area (Å²) in [5.74, 6) is 2.31. The molecule has 0 radical (unpaired) electrons. The van der Waals surface area contributed by atoms with Crippen LogP contribution in [-0.4, -0.2) is 35.2 Å². The first-order valence-electron chi connectivity index (χ1n) is 11.6. The standard InChI is InChI=1S/C23H34N2O3/c1-14(23-11-15-8-16(12-23)10-17(9-15)13-23)24-20(26)6-7-25-21(27)18-4-2-3-5-19(18)22(25)28/h14-19H,2-13H2,1H3,(H,24,26)/t14-,15?,16?,17?,18-,19-,23?/m0/s1. The van der Waals surface area contributed by atoms with Crippen LogP contribution in [0, 0.1) is 35.0 Å². The average molecular weight is 387 g/mol. The third-order valence-corrected chi connectivity index (χ3v) is 8.88. The molecule has 6 aliphatic rings. The fourth-order valence-electron chi connectivity index (χ4n) is 7.84. The van der Waals surface area contributed by atoms with E-state index in [4.69, 9.17) is 0 Å². The van der Waals surface area contributed by atoms with E-state index in [0.717, 1.165) is 43.4 Å². The zero-order valence-corrected chi connectivity index (χ0v) is 17.1. The van der Waals surface area contributed by atoms with Gasteiger partial charge in [-0.25, -0.2) is 0 Å². The van der Waals surface area contributed by atoms with Crippen molar-refractivity contribution in [3.05, 3.63) is 0 Å². The normalized spacial score (nSPS) is 42.6. The number of hydrogen-bond acceptors (Lipinski definition) is 3. The monoisotopic (exact) mass is 386 g/mol. The first-order chi connectivity index (χ1) is 13.4. The summed E-state index contributed by atoms with van der Waals surface area (Å²) in [6.45, 7) is 2.44. The Morgan fingerprint density at radius 3 is 2.00 bits per heavy atom. The summed E-state index contributed by atoms with van der Waals surface area (Å²) in [5, 5.41) is 3.27. The van der Waals surface area contributed by atoms with Gasteiger partial charge in [-0.3, -0.25) is 19.3 Å². The van der Waals surface area contributed by atoms with Crippen molar-refractivity contribution in [3.8, 4) is 0 Å². The predicted molar refractivity (Wildman–Crippen MR) is 105 cm³/mol. The molecule has 1 N–H and O–H groups in total. The molecular weight excluding hydrogens is 352 g/mol. The molecule has 3 amide bonds. The van der Waals surface area contributed by atoms with Gasteiger partial charge in [0.1, 0.15) is 0 Å². The van der Waals surface area contributed by atoms with Crippen molar-refractivity contribution in [2.75, 3.05) is 6.54 Å². The molecule has 1 saturated heterocycles. The number of fused-ring (bicyclic) bond motifs is 1. The van der Waals surface area contributed by atoms with Gasteiger partial charge in [0, 0.05) is 19.0 Å². The number of imide groups is 1. The quantitative estimate of drug-likeness (QED) is 0.738. The van der Waals surface area contributed by atoms with Crippen molar-refractivity contribution >= 4 is 17.7 Å². The molecule has 6 fully saturated rings. The third kappa shape index (κ3) is 3.00. The van der Waals surface area contributed by atoms with Crippen molar-refractivity contribution in [3.63, 3.8) is 0 Å². The summed E-state index contributed by atoms with van der Waals surface area (Å²) in [4.78, 5) is 39.2. The second kappa shape index (κ2) is 6.84. The van der Waals surface area contributed by atoms with Crippen LogP contribution in [0.2, 0.25) is 0 Å². The highest BCUT2D eigenvalue weighted by atomic mass is 16.2. The first kappa shape index (κ1) is 18.6. The first-order valence-corrected chi connectivity index (χ1v) is 11.6. The SMILES string of the molecule is C[C@H](NC(=O)CCN1C(=O)[C@H]2CCCC[C@@H]2C1=O)C12CC3CC(CC(C3)C1)C2. The molecule has 5 heteroatoms. The van der Waals surface area contributed by atoms with E-state index >= 15 is 0 Å². The Morgan fingerprint density at radius 1 is 1.00 bits per heavy atom. The lowest BCUT2D eigenvalue weighted by atomic mass is 9.48. The maximum Gasteiger partial charge on any atom is 0.233 e. The summed E-state index contributed by atoms with van der Waals surface area (Å²) in [7, 11) is 0. The van der Waals surface area contributed by atoms with Gasteiger partial charge in [-0.15, -0.1) is 0 Å². The van der Waals surface area contributed by atoms with Gasteiger partial charge in [0.2, 0.25) is 17.7 Å². The van der Waals surface area contributed by atoms with E-state index in [2.05, 4.69) is 12.2 Å². The number of hydrogen-bond donors (Lipinski definition) is 1. The Labute approximate surface area is 168 Å². The van der Waals surface area contributed by atoms with Gasteiger partial charge in [0.05, 0.1) is 11.8 Å². The van der Waals surface area contributed by atoms with E-state index < -0.39 is 0 Å². The van der Waals surface area contributed by atoms with E-state index in [-0.39, 0.29) is 48.6 Å². The molecule has 28 heavy (non-hydrogen) atoms. The maximum absolute atomic E-state index is 12.7. The Balaban J connectivity index is 1.17. The summed E-state index contributed by atoms with van der Waals surface area (Å²) in [6, 6.07) is 0.195. The van der Waals surface area contributed by atoms with Gasteiger partial charge < -0.3 is 5.32 Å². The van der Waals surface area contributed by atoms with Crippen molar-refractivity contribution in [2.45, 2.75) is 83.6 Å². The second-order valence-electron chi connectivity index (χ2n) is 10.6. The van der Waals surface area contributed by atoms with Crippen molar-refractivity contribution in [1.82, 2.24) is 10.2 Å². The van der Waals surface area contributed by atoms with Crippen molar-refractivity contribution < 1.29 is 14.4 Å². The zero-order valence-electron chi connectivity index (χ0n) is 17.1. The lowest BCUT2D eigenvalue weighted by Crippen LogP contribution is -2.56. The fourth-order valence-corrected chi connectivity index (χ4v) is 7.84. The number of nitrogens with zero attached hydrogens (tertiary/aromatic N) is 1. The highest BCUT2D eigenvalue weighted by Gasteiger charge is 2.53. The van der Waals surface area contributed by atoms with Crippen LogP contribution in [0.15, 0.2) is 0 Å². The molecular formula is C23H34N2O3. The highest BCUT2D eigenvalue weighted by molar-refractivity contribution is 6.05. The number of amides is 3. The molecule has 0 aromatic rings. The van der Waals surface area contributed by atoms with E-state index in [1.165, 1.54) is 43.4 Å². The number of rotatable bonds is 5. The molecule has 4 bridgehead atoms. The lowest BCUT2D eigenvalue weighted by molar-refractivity contribution is -0.140. The number of nitrogens with one attached hydrogen (secondary N) is 1. The smallest absolute Gasteiger partial charge is 0.233 e. The van der Waals surface area contributed by atoms with Gasteiger partial charge in [-0.2, -0.15) is 0 Å². The van der Waals surface area contributed by atoms with Crippen LogP contribution in [0.1, 0.15) is 77.6 Å². The maximum atomic E-state index is 12.7. The molecule has 3 atom stereocenters. The Hall–Kier alpha value is -1.39. The van der Waals surface area contributed by atoms with E-state index in [1.807, 2.05) is 0 Å². The minimum atomic E-state index is -0.116. The molecule has 6 rings (SSSR count). The van der Waals surface area contributed by atoms with Crippen LogP contribution < -0.4 is 5.32 Å². The molecule has 5 nitrogen and oxygen atoms in total. The van der Waals surface area contributed by atoms with Crippen LogP contribution in [0.4, 0.5) is 0 Å². The molecule has 154 valence electrons. The Bertz CT molecular complexity index is 628. The number of likely N-dealkylation sites (tertiary alicyclic amines) is 1. The van der Waals surface area contributed by atoms with Gasteiger partial charge >= 0.3 is 0 Å². The molecule has 0 unspecified atom stereocenters. The summed E-state index contributed by atoms with van der Waals surface area (Å²) >= 11 is 0. The fraction of sp³-hybridized carbons (Fsp3) is 0.870. The van der Waals surface area contributed by atoms with E-state index in [1.54, 1.807) is 0 Å². The summed E-state index contributed by atoms with van der Waals surface area (Å²) in [5.41, 5.74) is 0.290. The van der Waals surface area contributed by atoms with Gasteiger partial charge in [0.25, 0.3) is 0 Å². The zero-order chi connectivity index (χ0) is 19.5. The van der Waals surface area contributed by atoms with Crippen LogP contribution in [-0.2, 0) is 14.4 Å². The van der Waals surface area contributed by atoms with Gasteiger partial charge in [-0.1, -0.05) is 12.8 Å². The minimum absolute atomic E-state index is 0.00119. The average Bonchev–Trinajstić information content (AvgIpc) is 2.90. The van der Waals surface area contributed by atoms with E-state index in [9.17, 15) is 14.4 Å². The summed E-state index contributed by atoms with van der Waals surface area (Å²) < 4.78 is 0. The van der Waals surface area contributed by atoms with Gasteiger partial charge in [-0.05, 0) is 81.5 Å². The third-order valence-electron chi connectivity index (χ3n) is 8.88. The molecule has 0 aromatic carbocycles. The van der Waals surface area contributed by atoms with E-state index in [0.29, 0.717) is 5.41 Å². The van der Waals surface area contributed by atoms with Crippen molar-refractivity contribution in [1.29, 1.82) is 0 Å². The largest absolute Gasteiger partial charge is 0.353 e. The summed E-state index contributed by atoms with van der Waals surface area (Å²) in [6.07, 6.45) is 12.0. The molecule has 1 aliphatic heterocycles. The molecule has 0 aromatic heterocycles.